The first kappa shape index (κ1) is 11.0. The number of nitrogens with two attached hydrogens (primary N) is 1. The third-order valence-electron chi connectivity index (χ3n) is 3.17. The molecule has 16 heavy (non-hydrogen) atoms. The number of rotatable bonds is 3. The van der Waals surface area contributed by atoms with Crippen molar-refractivity contribution in [3.8, 4) is 0 Å². The van der Waals surface area contributed by atoms with Gasteiger partial charge in [0, 0.05) is 0 Å². The molecular weight excluding hydrogens is 212 g/mol. The second-order valence-corrected chi connectivity index (χ2v) is 4.34. The number of hydrogen-bond acceptors (Lipinski definition) is 1. The van der Waals surface area contributed by atoms with E-state index in [1.54, 1.807) is 0 Å². The molecule has 1 saturated carbocycles. The fraction of sp³-hybridized carbons (Fsp3) is 0.417. The van der Waals surface area contributed by atoms with Gasteiger partial charge in [0.2, 0.25) is 0 Å². The van der Waals surface area contributed by atoms with E-state index >= 15 is 0 Å². The van der Waals surface area contributed by atoms with Gasteiger partial charge in [-0.15, -0.1) is 0 Å². The number of primary amides is 1. The summed E-state index contributed by atoms with van der Waals surface area (Å²) in [7, 11) is 0. The zero-order chi connectivity index (χ0) is 11.9. The fourth-order valence-electron chi connectivity index (χ4n) is 1.95. The number of benzene rings is 1. The smallest absolute Gasteiger partial charge is 0.251 e. The van der Waals surface area contributed by atoms with Gasteiger partial charge >= 0.3 is 0 Å². The molecule has 1 fully saturated rings. The lowest BCUT2D eigenvalue weighted by Crippen LogP contribution is -2.14. The summed E-state index contributed by atoms with van der Waals surface area (Å²) in [5.41, 5.74) is 4.89. The number of carbonyl (C=O) groups is 1. The highest BCUT2D eigenvalue weighted by atomic mass is 19.1. The van der Waals surface area contributed by atoms with Gasteiger partial charge in [0.05, 0.1) is 5.56 Å². The second kappa shape index (κ2) is 3.85. The average molecular weight is 225 g/mol. The van der Waals surface area contributed by atoms with Crippen LogP contribution in [0, 0.1) is 17.6 Å². The Kier molecular flexibility index (Phi) is 2.66. The summed E-state index contributed by atoms with van der Waals surface area (Å²) in [6, 6.07) is 1.99. The maximum Gasteiger partial charge on any atom is 0.251 e. The minimum atomic E-state index is -0.943. The van der Waals surface area contributed by atoms with E-state index in [0.29, 0.717) is 11.5 Å². The van der Waals surface area contributed by atoms with Gasteiger partial charge in [-0.3, -0.25) is 4.79 Å². The monoisotopic (exact) mass is 225 g/mol. The summed E-state index contributed by atoms with van der Waals surface area (Å²) in [6.45, 7) is 1.87. The van der Waals surface area contributed by atoms with E-state index < -0.39 is 17.5 Å². The van der Waals surface area contributed by atoms with Gasteiger partial charge in [-0.25, -0.2) is 8.78 Å². The van der Waals surface area contributed by atoms with E-state index in [9.17, 15) is 13.6 Å². The molecular formula is C12H13F2NO. The van der Waals surface area contributed by atoms with E-state index in [4.69, 9.17) is 5.73 Å². The van der Waals surface area contributed by atoms with E-state index in [-0.39, 0.29) is 11.5 Å². The van der Waals surface area contributed by atoms with Crippen molar-refractivity contribution in [2.24, 2.45) is 11.7 Å². The van der Waals surface area contributed by atoms with Crippen molar-refractivity contribution in [3.05, 3.63) is 34.9 Å². The highest BCUT2D eigenvalue weighted by Gasteiger charge is 2.31. The molecule has 0 radical (unpaired) electrons. The van der Waals surface area contributed by atoms with Crippen LogP contribution in [0.1, 0.15) is 41.6 Å². The van der Waals surface area contributed by atoms with E-state index in [1.807, 2.05) is 6.92 Å². The first-order valence-electron chi connectivity index (χ1n) is 5.29. The van der Waals surface area contributed by atoms with E-state index in [1.165, 1.54) is 0 Å². The SMILES string of the molecule is C[C@@H](c1cc(F)c(C(N)=O)cc1F)C1CC1. The molecule has 2 nitrogen and oxygen atoms in total. The largest absolute Gasteiger partial charge is 0.366 e. The molecule has 2 N–H and O–H groups in total. The third-order valence-corrected chi connectivity index (χ3v) is 3.17. The van der Waals surface area contributed by atoms with Gasteiger partial charge < -0.3 is 5.73 Å². The van der Waals surface area contributed by atoms with Crippen LogP contribution in [0.25, 0.3) is 0 Å². The molecule has 1 aliphatic carbocycles. The number of amides is 1. The highest BCUT2D eigenvalue weighted by Crippen LogP contribution is 2.43. The Labute approximate surface area is 92.4 Å². The Morgan fingerprint density at radius 3 is 2.50 bits per heavy atom. The first-order valence-corrected chi connectivity index (χ1v) is 5.29. The summed E-state index contributed by atoms with van der Waals surface area (Å²) in [6.07, 6.45) is 2.11. The number of halogens is 2. The number of hydrogen-bond donors (Lipinski definition) is 1. The van der Waals surface area contributed by atoms with Crippen molar-refractivity contribution < 1.29 is 13.6 Å². The maximum atomic E-state index is 13.7. The van der Waals surface area contributed by atoms with Crippen molar-refractivity contribution >= 4 is 5.91 Å². The molecule has 0 unspecified atom stereocenters. The van der Waals surface area contributed by atoms with Crippen LogP contribution >= 0.6 is 0 Å². The molecule has 0 aromatic heterocycles. The van der Waals surface area contributed by atoms with Gasteiger partial charge in [0.25, 0.3) is 5.91 Å². The zero-order valence-corrected chi connectivity index (χ0v) is 8.97. The van der Waals surface area contributed by atoms with Gasteiger partial charge in [0.1, 0.15) is 11.6 Å². The molecule has 0 heterocycles. The fourth-order valence-corrected chi connectivity index (χ4v) is 1.95. The topological polar surface area (TPSA) is 43.1 Å². The quantitative estimate of drug-likeness (QED) is 0.844. The normalized spacial score (nSPS) is 17.2. The van der Waals surface area contributed by atoms with E-state index in [0.717, 1.165) is 25.0 Å². The van der Waals surface area contributed by atoms with Crippen molar-refractivity contribution in [1.29, 1.82) is 0 Å². The van der Waals surface area contributed by atoms with Crippen LogP contribution in [0.5, 0.6) is 0 Å². The van der Waals surface area contributed by atoms with Gasteiger partial charge in [0.15, 0.2) is 0 Å². The first-order chi connectivity index (χ1) is 7.50. The lowest BCUT2D eigenvalue weighted by molar-refractivity contribution is 0.0996. The Hall–Kier alpha value is -1.45. The Bertz CT molecular complexity index is 441. The Morgan fingerprint density at radius 2 is 2.00 bits per heavy atom. The molecule has 1 amide bonds. The molecule has 1 aliphatic rings. The summed E-state index contributed by atoms with van der Waals surface area (Å²) in [4.78, 5) is 10.8. The molecule has 0 saturated heterocycles. The molecule has 0 aliphatic heterocycles. The Balaban J connectivity index is 2.40. The molecule has 2 rings (SSSR count). The van der Waals surface area contributed by atoms with Gasteiger partial charge in [-0.2, -0.15) is 0 Å². The van der Waals surface area contributed by atoms with Crippen LogP contribution in [-0.4, -0.2) is 5.91 Å². The predicted octanol–water partition coefficient (Wildman–Crippen LogP) is 2.58. The van der Waals surface area contributed by atoms with Crippen molar-refractivity contribution in [2.45, 2.75) is 25.7 Å². The van der Waals surface area contributed by atoms with Crippen molar-refractivity contribution in [1.82, 2.24) is 0 Å². The van der Waals surface area contributed by atoms with Gasteiger partial charge in [-0.05, 0) is 42.4 Å². The van der Waals surface area contributed by atoms with Crippen molar-refractivity contribution in [2.75, 3.05) is 0 Å². The molecule has 0 spiro atoms. The van der Waals surface area contributed by atoms with E-state index in [2.05, 4.69) is 0 Å². The van der Waals surface area contributed by atoms with Crippen LogP contribution < -0.4 is 5.73 Å². The molecule has 1 atom stereocenters. The predicted molar refractivity (Wildman–Crippen MR) is 56.0 cm³/mol. The molecule has 0 bridgehead atoms. The van der Waals surface area contributed by atoms with Crippen molar-refractivity contribution in [3.63, 3.8) is 0 Å². The molecule has 1 aromatic rings. The molecule has 86 valence electrons. The molecule has 4 heteroatoms. The zero-order valence-electron chi connectivity index (χ0n) is 8.97. The summed E-state index contributed by atoms with van der Waals surface area (Å²) in [5.74, 6) is -1.79. The average Bonchev–Trinajstić information content (AvgIpc) is 3.03. The number of carbonyl (C=O) groups excluding carboxylic acids is 1. The third kappa shape index (κ3) is 1.92. The maximum absolute atomic E-state index is 13.7. The lowest BCUT2D eigenvalue weighted by Gasteiger charge is -2.12. The lowest BCUT2D eigenvalue weighted by atomic mass is 9.94. The Morgan fingerprint density at radius 1 is 1.38 bits per heavy atom. The second-order valence-electron chi connectivity index (χ2n) is 4.34. The summed E-state index contributed by atoms with van der Waals surface area (Å²) < 4.78 is 27.1. The minimum Gasteiger partial charge on any atom is -0.366 e. The van der Waals surface area contributed by atoms with Crippen LogP contribution in [0.4, 0.5) is 8.78 Å². The van der Waals surface area contributed by atoms with Crippen LogP contribution in [0.15, 0.2) is 12.1 Å². The van der Waals surface area contributed by atoms with Crippen LogP contribution in [0.3, 0.4) is 0 Å². The van der Waals surface area contributed by atoms with Crippen LogP contribution in [-0.2, 0) is 0 Å². The summed E-state index contributed by atoms with van der Waals surface area (Å²) >= 11 is 0. The van der Waals surface area contributed by atoms with Crippen LogP contribution in [0.2, 0.25) is 0 Å². The van der Waals surface area contributed by atoms with Gasteiger partial charge in [-0.1, -0.05) is 6.92 Å². The minimum absolute atomic E-state index is 0.00331. The standard InChI is InChI=1S/C12H13F2NO/c1-6(7-2-3-7)8-4-11(14)9(12(15)16)5-10(8)13/h4-7H,2-3H2,1H3,(H2,15,16)/t6-/m1/s1. The molecule has 1 aromatic carbocycles. The summed E-state index contributed by atoms with van der Waals surface area (Å²) in [5, 5.41) is 0. The highest BCUT2D eigenvalue weighted by molar-refractivity contribution is 5.93.